The number of nitrogens with zero attached hydrogens (tertiary/aromatic N) is 6. The summed E-state index contributed by atoms with van der Waals surface area (Å²) in [6, 6.07) is 18.9. The van der Waals surface area contributed by atoms with Gasteiger partial charge in [0.1, 0.15) is 19.4 Å². The third-order valence-corrected chi connectivity index (χ3v) is 10.9. The van der Waals surface area contributed by atoms with E-state index >= 15 is 0 Å². The molecule has 1 aromatic carbocycles. The summed E-state index contributed by atoms with van der Waals surface area (Å²) in [5.74, 6) is 0. The molecule has 5 aliphatic rings. The van der Waals surface area contributed by atoms with Crippen LogP contribution in [0.3, 0.4) is 0 Å². The van der Waals surface area contributed by atoms with E-state index in [4.69, 9.17) is 15.0 Å². The number of benzene rings is 1. The first kappa shape index (κ1) is 34.4. The predicted octanol–water partition coefficient (Wildman–Crippen LogP) is 4.64. The third-order valence-electron chi connectivity index (χ3n) is 9.98. The summed E-state index contributed by atoms with van der Waals surface area (Å²) >= 11 is 0. The van der Waals surface area contributed by atoms with Crippen LogP contribution in [0.5, 0.6) is 0 Å². The molecule has 8 heterocycles. The third kappa shape index (κ3) is 6.47. The summed E-state index contributed by atoms with van der Waals surface area (Å²) in [7, 11) is 1.52. The Morgan fingerprint density at radius 2 is 0.964 bits per heavy atom. The minimum Gasteiger partial charge on any atom is -0.627 e. The minimum absolute atomic E-state index is 0.0562. The fourth-order valence-corrected chi connectivity index (χ4v) is 7.71. The molecule has 268 valence electrons. The van der Waals surface area contributed by atoms with E-state index in [1.165, 1.54) is 12.1 Å². The molecule has 0 amide bonds. The van der Waals surface area contributed by atoms with Gasteiger partial charge < -0.3 is 14.8 Å². The van der Waals surface area contributed by atoms with Gasteiger partial charge in [0.15, 0.2) is 24.8 Å². The molecule has 3 N–H and O–H groups in total. The van der Waals surface area contributed by atoms with Gasteiger partial charge in [0, 0.05) is 77.4 Å². The van der Waals surface area contributed by atoms with Crippen molar-refractivity contribution in [1.29, 1.82) is 0 Å². The van der Waals surface area contributed by atoms with Crippen LogP contribution in [0.4, 0.5) is 0 Å². The van der Waals surface area contributed by atoms with E-state index in [2.05, 4.69) is 65.7 Å². The van der Waals surface area contributed by atoms with E-state index in [0.29, 0.717) is 11.4 Å². The van der Waals surface area contributed by atoms with Crippen molar-refractivity contribution in [3.63, 3.8) is 0 Å². The van der Waals surface area contributed by atoms with Gasteiger partial charge in [-0.05, 0) is 95.1 Å². The summed E-state index contributed by atoms with van der Waals surface area (Å²) < 4.78 is 4.01. The van der Waals surface area contributed by atoms with Gasteiger partial charge in [-0.15, -0.1) is 0 Å². The largest absolute Gasteiger partial charge is 0.627 e. The van der Waals surface area contributed by atoms with Crippen molar-refractivity contribution in [2.45, 2.75) is 0 Å². The SMILES string of the molecule is CN1C=CC(=C2C3=NC(=C(c4ccc([P+]([O-])(O)O)cc4)C4=NC(=C(c5cc[n+](C)cc5)c5ccc([nH]5)C(c5cc[n+](C)cc5)=C5C=CC2=N5)C=C4)C=C3)C=C1. The quantitative estimate of drug-likeness (QED) is 0.208. The van der Waals surface area contributed by atoms with Crippen molar-refractivity contribution in [3.8, 4) is 0 Å². The molecule has 8 bridgehead atoms. The number of aryl methyl sites for hydroxylation is 2. The molecule has 11 heteroatoms. The highest BCUT2D eigenvalue weighted by molar-refractivity contribution is 7.65. The van der Waals surface area contributed by atoms with Crippen LogP contribution in [0.15, 0.2) is 190 Å². The van der Waals surface area contributed by atoms with Crippen LogP contribution in [0.25, 0.3) is 16.7 Å². The Hall–Kier alpha value is -6.42. The van der Waals surface area contributed by atoms with Crippen LogP contribution in [0.2, 0.25) is 0 Å². The zero-order valence-corrected chi connectivity index (χ0v) is 31.2. The van der Waals surface area contributed by atoms with E-state index in [9.17, 15) is 14.7 Å². The molecule has 0 spiro atoms. The Bertz CT molecular complexity index is 2660. The Balaban J connectivity index is 1.35. The molecule has 0 unspecified atom stereocenters. The van der Waals surface area contributed by atoms with Crippen molar-refractivity contribution < 1.29 is 23.8 Å². The number of aliphatic imine (C=N–C) groups is 3. The number of H-pyrrole nitrogens is 1. The van der Waals surface area contributed by atoms with Crippen LogP contribution in [0.1, 0.15) is 28.1 Å². The van der Waals surface area contributed by atoms with E-state index in [1.807, 2.05) is 96.7 Å². The van der Waals surface area contributed by atoms with Gasteiger partial charge in [-0.1, -0.05) is 12.1 Å². The lowest BCUT2D eigenvalue weighted by Crippen LogP contribution is -2.26. The van der Waals surface area contributed by atoms with E-state index in [-0.39, 0.29) is 5.30 Å². The monoisotopic (exact) mass is 741 g/mol. The Kier molecular flexibility index (Phi) is 8.41. The van der Waals surface area contributed by atoms with Gasteiger partial charge in [-0.25, -0.2) is 33.9 Å². The first-order chi connectivity index (χ1) is 26.6. The van der Waals surface area contributed by atoms with E-state index < -0.39 is 7.94 Å². The van der Waals surface area contributed by atoms with Gasteiger partial charge in [0.25, 0.3) is 7.94 Å². The average Bonchev–Trinajstić information content (AvgIpc) is 4.01. The zero-order chi connectivity index (χ0) is 37.8. The molecule has 0 aliphatic carbocycles. The summed E-state index contributed by atoms with van der Waals surface area (Å²) in [5, 5.41) is -0.0562. The Labute approximate surface area is 318 Å². The van der Waals surface area contributed by atoms with Crippen LogP contribution in [0, 0.1) is 0 Å². The molecule has 0 radical (unpaired) electrons. The first-order valence-corrected chi connectivity index (χ1v) is 19.3. The summed E-state index contributed by atoms with van der Waals surface area (Å²) in [5.41, 5.74) is 13.4. The number of allylic oxidation sites excluding steroid dienone is 11. The fraction of sp³-hybridized carbons (Fsp3) is 0.0682. The number of fused-ring (bicyclic) bond motifs is 5. The number of rotatable bonds is 4. The van der Waals surface area contributed by atoms with Crippen molar-refractivity contribution in [2.24, 2.45) is 29.1 Å². The van der Waals surface area contributed by atoms with Crippen LogP contribution in [-0.2, 0) is 14.1 Å². The number of hydrogen-bond donors (Lipinski definition) is 3. The molecule has 3 aromatic heterocycles. The molecule has 0 atom stereocenters. The summed E-state index contributed by atoms with van der Waals surface area (Å²) in [6.45, 7) is 0. The lowest BCUT2D eigenvalue weighted by molar-refractivity contribution is -0.671. The average molecular weight is 742 g/mol. The fourth-order valence-electron chi connectivity index (χ4n) is 7.17. The molecule has 0 saturated heterocycles. The van der Waals surface area contributed by atoms with Crippen molar-refractivity contribution >= 4 is 47.1 Å². The smallest absolute Gasteiger partial charge is 0.263 e. The lowest BCUT2D eigenvalue weighted by atomic mass is 9.97. The molecule has 5 aliphatic heterocycles. The topological polar surface area (TPSA) is 127 Å². The van der Waals surface area contributed by atoms with Crippen LogP contribution in [-0.4, -0.2) is 43.9 Å². The number of aromatic amines is 1. The summed E-state index contributed by atoms with van der Waals surface area (Å²) in [4.78, 5) is 53.5. The number of nitrogens with one attached hydrogen (secondary N) is 1. The standard InChI is InChI=1S/C44H34N7O3P/c1-49-22-16-29(17-23-49)42-35-10-8-33(45-35)41(28-4-6-32(7-5-28)55(52,53)54)34-9-11-36(46-34)43(30-18-24-50(2)25-19-30)38-13-15-40(48-38)44(39-14-12-37(42)47-39)31-20-26-51(3)27-21-31/h4-27,47H,1-3H3/p+2. The molecule has 4 aromatic rings. The van der Waals surface area contributed by atoms with Crippen LogP contribution >= 0.6 is 7.94 Å². The second-order valence-electron chi connectivity index (χ2n) is 13.8. The lowest BCUT2D eigenvalue weighted by Gasteiger charge is -2.16. The highest BCUT2D eigenvalue weighted by Gasteiger charge is 2.28. The second kappa shape index (κ2) is 13.5. The molecule has 10 nitrogen and oxygen atoms in total. The van der Waals surface area contributed by atoms with E-state index in [0.717, 1.165) is 78.8 Å². The van der Waals surface area contributed by atoms with Crippen molar-refractivity contribution in [2.75, 3.05) is 7.05 Å². The maximum Gasteiger partial charge on any atom is 0.263 e. The minimum atomic E-state index is -4.45. The van der Waals surface area contributed by atoms with Crippen molar-refractivity contribution in [3.05, 3.63) is 203 Å². The van der Waals surface area contributed by atoms with Gasteiger partial charge in [0.05, 0.1) is 34.2 Å². The van der Waals surface area contributed by atoms with Gasteiger partial charge in [0.2, 0.25) is 0 Å². The zero-order valence-electron chi connectivity index (χ0n) is 30.3. The Morgan fingerprint density at radius 1 is 0.545 bits per heavy atom. The molecular weight excluding hydrogens is 706 g/mol. The molecule has 55 heavy (non-hydrogen) atoms. The molecule has 9 rings (SSSR count). The number of hydrogen-bond acceptors (Lipinski definition) is 7. The normalized spacial score (nSPS) is 17.6. The number of pyridine rings is 2. The maximum absolute atomic E-state index is 12.1. The molecule has 0 fully saturated rings. The highest BCUT2D eigenvalue weighted by Crippen LogP contribution is 2.40. The van der Waals surface area contributed by atoms with Crippen LogP contribution < -0.4 is 19.3 Å². The van der Waals surface area contributed by atoms with E-state index in [1.54, 1.807) is 12.1 Å². The Morgan fingerprint density at radius 3 is 1.42 bits per heavy atom. The number of aromatic nitrogens is 3. The van der Waals surface area contributed by atoms with Gasteiger partial charge in [-0.3, -0.25) is 0 Å². The predicted molar refractivity (Wildman–Crippen MR) is 215 cm³/mol. The molecular formula is C44H36N7O3P+2. The highest BCUT2D eigenvalue weighted by atomic mass is 31.2. The van der Waals surface area contributed by atoms with Gasteiger partial charge in [-0.2, -0.15) is 0 Å². The van der Waals surface area contributed by atoms with Gasteiger partial charge >= 0.3 is 0 Å². The van der Waals surface area contributed by atoms with Crippen molar-refractivity contribution in [1.82, 2.24) is 9.88 Å². The second-order valence-corrected chi connectivity index (χ2v) is 15.4. The molecule has 0 saturated carbocycles. The first-order valence-electron chi connectivity index (χ1n) is 17.7. The maximum atomic E-state index is 12.1. The summed E-state index contributed by atoms with van der Waals surface area (Å²) in [6.07, 6.45) is 28.3.